The summed E-state index contributed by atoms with van der Waals surface area (Å²) in [6.45, 7) is 3.12. The molecular formula is C25H25ClFIN4O2. The van der Waals surface area contributed by atoms with E-state index in [0.29, 0.717) is 32.9 Å². The Kier molecular flexibility index (Phi) is 7.59. The number of amides is 1. The zero-order chi connectivity index (χ0) is 24.4. The van der Waals surface area contributed by atoms with E-state index in [4.69, 9.17) is 27.8 Å². The number of nitrogens with two attached hydrogens (primary N) is 2. The molecule has 2 aromatic carbocycles. The van der Waals surface area contributed by atoms with Gasteiger partial charge < -0.3 is 21.1 Å². The van der Waals surface area contributed by atoms with Crippen molar-refractivity contribution in [2.75, 3.05) is 18.8 Å². The highest BCUT2D eigenvalue weighted by atomic mass is 127. The van der Waals surface area contributed by atoms with Crippen molar-refractivity contribution in [3.8, 4) is 16.9 Å². The number of carbonyl (C=O) groups excluding carboxylic acids is 1. The summed E-state index contributed by atoms with van der Waals surface area (Å²) < 4.78 is 20.5. The Morgan fingerprint density at radius 2 is 2.03 bits per heavy atom. The summed E-state index contributed by atoms with van der Waals surface area (Å²) in [6.07, 6.45) is 2.31. The molecule has 2 atom stereocenters. The van der Waals surface area contributed by atoms with Gasteiger partial charge in [-0.15, -0.1) is 0 Å². The molecule has 34 heavy (non-hydrogen) atoms. The number of nitrogens with zero attached hydrogens (tertiary/aromatic N) is 2. The summed E-state index contributed by atoms with van der Waals surface area (Å²) in [4.78, 5) is 18.6. The lowest BCUT2D eigenvalue weighted by atomic mass is 10.0. The summed E-state index contributed by atoms with van der Waals surface area (Å²) in [5, 5.41) is 0.419. The fourth-order valence-electron chi connectivity index (χ4n) is 3.99. The Labute approximate surface area is 216 Å². The second kappa shape index (κ2) is 10.5. The molecule has 2 heterocycles. The van der Waals surface area contributed by atoms with Gasteiger partial charge in [0.05, 0.1) is 9.99 Å². The van der Waals surface area contributed by atoms with Crippen molar-refractivity contribution in [2.45, 2.75) is 31.9 Å². The number of aromatic nitrogens is 1. The highest BCUT2D eigenvalue weighted by Gasteiger charge is 2.23. The number of rotatable bonds is 6. The number of nitrogen functional groups attached to an aromatic ring is 1. The largest absolute Gasteiger partial charge is 0.482 e. The summed E-state index contributed by atoms with van der Waals surface area (Å²) in [5.41, 5.74) is 15.2. The number of benzene rings is 2. The smallest absolute Gasteiger partial charge is 0.227 e. The Hall–Kier alpha value is -2.43. The van der Waals surface area contributed by atoms with Crippen LogP contribution in [0.1, 0.15) is 30.6 Å². The molecule has 0 radical (unpaired) electrons. The van der Waals surface area contributed by atoms with Crippen LogP contribution in [0.4, 0.5) is 10.2 Å². The van der Waals surface area contributed by atoms with Gasteiger partial charge in [-0.3, -0.25) is 4.79 Å². The molecule has 0 spiro atoms. The lowest BCUT2D eigenvalue weighted by molar-refractivity contribution is -0.129. The van der Waals surface area contributed by atoms with Crippen LogP contribution in [0.5, 0.6) is 5.75 Å². The van der Waals surface area contributed by atoms with Gasteiger partial charge >= 0.3 is 0 Å². The molecular weight excluding hydrogens is 570 g/mol. The molecule has 1 saturated heterocycles. The van der Waals surface area contributed by atoms with E-state index in [2.05, 4.69) is 4.98 Å². The number of carbonyl (C=O) groups is 1. The molecule has 0 saturated carbocycles. The van der Waals surface area contributed by atoms with Gasteiger partial charge in [0, 0.05) is 41.5 Å². The number of ether oxygens (including phenoxy) is 1. The monoisotopic (exact) mass is 594 g/mol. The van der Waals surface area contributed by atoms with Crippen molar-refractivity contribution in [1.82, 2.24) is 9.88 Å². The summed E-state index contributed by atoms with van der Waals surface area (Å²) in [5.74, 6) is 0.335. The van der Waals surface area contributed by atoms with E-state index in [1.165, 1.54) is 12.1 Å². The minimum absolute atomic E-state index is 0.0730. The van der Waals surface area contributed by atoms with Crippen LogP contribution in [0, 0.1) is 9.39 Å². The Bertz CT molecular complexity index is 1210. The molecule has 9 heteroatoms. The first-order chi connectivity index (χ1) is 16.2. The van der Waals surface area contributed by atoms with Crippen LogP contribution in [0.2, 0.25) is 5.02 Å². The second-order valence-electron chi connectivity index (χ2n) is 8.39. The quantitative estimate of drug-likeness (QED) is 0.311. The highest BCUT2D eigenvalue weighted by molar-refractivity contribution is 14.1. The van der Waals surface area contributed by atoms with Crippen LogP contribution >= 0.6 is 34.2 Å². The van der Waals surface area contributed by atoms with E-state index in [1.807, 2.05) is 51.8 Å². The van der Waals surface area contributed by atoms with Gasteiger partial charge in [-0.1, -0.05) is 35.9 Å². The SMILES string of the molecule is CC(Oc1cc(-c2ccc(CC(=O)N3CCC(N)C3)cc2)cnc1N)c1c(Cl)ccc(F)c1I. The first kappa shape index (κ1) is 24.7. The molecule has 178 valence electrons. The van der Waals surface area contributed by atoms with Crippen LogP contribution in [0.15, 0.2) is 48.7 Å². The molecule has 0 bridgehead atoms. The molecule has 1 aliphatic heterocycles. The number of likely N-dealkylation sites (tertiary alicyclic amines) is 1. The third-order valence-electron chi connectivity index (χ3n) is 5.89. The van der Waals surface area contributed by atoms with Crippen molar-refractivity contribution >= 4 is 45.9 Å². The lowest BCUT2D eigenvalue weighted by Gasteiger charge is -2.19. The van der Waals surface area contributed by atoms with Gasteiger partial charge in [-0.2, -0.15) is 0 Å². The van der Waals surface area contributed by atoms with Gasteiger partial charge in [0.15, 0.2) is 11.6 Å². The van der Waals surface area contributed by atoms with Gasteiger partial charge in [0.2, 0.25) is 5.91 Å². The number of anilines is 1. The van der Waals surface area contributed by atoms with E-state index >= 15 is 0 Å². The van der Waals surface area contributed by atoms with Crippen LogP contribution in [0.25, 0.3) is 11.1 Å². The van der Waals surface area contributed by atoms with E-state index in [1.54, 1.807) is 19.2 Å². The van der Waals surface area contributed by atoms with Gasteiger partial charge in [0.1, 0.15) is 11.9 Å². The van der Waals surface area contributed by atoms with E-state index in [0.717, 1.165) is 29.7 Å². The second-order valence-corrected chi connectivity index (χ2v) is 9.87. The van der Waals surface area contributed by atoms with E-state index in [9.17, 15) is 9.18 Å². The third kappa shape index (κ3) is 5.45. The number of hydrogen-bond acceptors (Lipinski definition) is 5. The fraction of sp³-hybridized carbons (Fsp3) is 0.280. The molecule has 1 amide bonds. The zero-order valence-electron chi connectivity index (χ0n) is 18.6. The van der Waals surface area contributed by atoms with Crippen molar-refractivity contribution in [3.05, 3.63) is 74.2 Å². The summed E-state index contributed by atoms with van der Waals surface area (Å²) in [6, 6.07) is 12.4. The average Bonchev–Trinajstić information content (AvgIpc) is 3.25. The highest BCUT2D eigenvalue weighted by Crippen LogP contribution is 2.35. The molecule has 1 aliphatic rings. The number of hydrogen-bond donors (Lipinski definition) is 2. The van der Waals surface area contributed by atoms with Crippen molar-refractivity contribution in [2.24, 2.45) is 5.73 Å². The lowest BCUT2D eigenvalue weighted by Crippen LogP contribution is -2.32. The van der Waals surface area contributed by atoms with Crippen LogP contribution in [-0.2, 0) is 11.2 Å². The maximum absolute atomic E-state index is 14.1. The molecule has 3 aromatic rings. The Balaban J connectivity index is 1.50. The molecule has 4 N–H and O–H groups in total. The normalized spacial score (nSPS) is 16.5. The van der Waals surface area contributed by atoms with E-state index in [-0.39, 0.29) is 23.6 Å². The summed E-state index contributed by atoms with van der Waals surface area (Å²) in [7, 11) is 0. The van der Waals surface area contributed by atoms with Crippen molar-refractivity contribution in [3.63, 3.8) is 0 Å². The number of pyridine rings is 1. The van der Waals surface area contributed by atoms with Gasteiger partial charge in [-0.25, -0.2) is 9.37 Å². The number of halogens is 3. The van der Waals surface area contributed by atoms with Crippen LogP contribution < -0.4 is 16.2 Å². The first-order valence-corrected chi connectivity index (χ1v) is 12.4. The topological polar surface area (TPSA) is 94.5 Å². The van der Waals surface area contributed by atoms with Gasteiger partial charge in [-0.05, 0) is 65.3 Å². The molecule has 1 fully saturated rings. The molecule has 4 rings (SSSR count). The van der Waals surface area contributed by atoms with Crippen molar-refractivity contribution in [1.29, 1.82) is 0 Å². The first-order valence-electron chi connectivity index (χ1n) is 10.9. The van der Waals surface area contributed by atoms with Crippen molar-refractivity contribution < 1.29 is 13.9 Å². The minimum Gasteiger partial charge on any atom is -0.482 e. The maximum atomic E-state index is 14.1. The molecule has 6 nitrogen and oxygen atoms in total. The van der Waals surface area contributed by atoms with Crippen LogP contribution in [-0.4, -0.2) is 34.9 Å². The average molecular weight is 595 g/mol. The third-order valence-corrected chi connectivity index (χ3v) is 7.32. The predicted molar refractivity (Wildman–Crippen MR) is 140 cm³/mol. The fourth-order valence-corrected chi connectivity index (χ4v) is 5.37. The molecule has 1 aromatic heterocycles. The maximum Gasteiger partial charge on any atom is 0.227 e. The predicted octanol–water partition coefficient (Wildman–Crippen LogP) is 4.97. The molecule has 2 unspecified atom stereocenters. The Morgan fingerprint density at radius 3 is 2.71 bits per heavy atom. The molecule has 0 aliphatic carbocycles. The van der Waals surface area contributed by atoms with E-state index < -0.39 is 6.10 Å². The Morgan fingerprint density at radius 1 is 1.29 bits per heavy atom. The van der Waals surface area contributed by atoms with Gasteiger partial charge in [0.25, 0.3) is 0 Å². The standard InChI is InChI=1S/C25H25ClFIN4O2/c1-14(23-19(26)6-7-20(27)24(23)28)34-21-11-17(12-31-25(21)30)16-4-2-15(3-5-16)10-22(33)32-9-8-18(29)13-32/h2-7,11-12,14,18H,8-10,13,29H2,1H3,(H2,30,31). The van der Waals surface area contributed by atoms with Crippen LogP contribution in [0.3, 0.4) is 0 Å². The minimum atomic E-state index is -0.540. The zero-order valence-corrected chi connectivity index (χ0v) is 21.5. The summed E-state index contributed by atoms with van der Waals surface area (Å²) >= 11 is 8.22.